The van der Waals surface area contributed by atoms with Gasteiger partial charge in [-0.05, 0) is 87.2 Å². The maximum absolute atomic E-state index is 14.7. The number of aryl methyl sites for hydroxylation is 1. The summed E-state index contributed by atoms with van der Waals surface area (Å²) in [5.74, 6) is -0.0272. The fourth-order valence-electron chi connectivity index (χ4n) is 5.65. The third kappa shape index (κ3) is 6.33. The van der Waals surface area contributed by atoms with Crippen LogP contribution in [0.15, 0.2) is 12.1 Å². The highest BCUT2D eigenvalue weighted by atomic mass is 19.3. The molecular weight excluding hydrogens is 420 g/mol. The Morgan fingerprint density at radius 2 is 1.66 bits per heavy atom. The molecule has 0 N–H and O–H groups in total. The molecule has 0 spiro atoms. The lowest BCUT2D eigenvalue weighted by Crippen LogP contribution is -2.29. The van der Waals surface area contributed by atoms with Gasteiger partial charge in [0.1, 0.15) is 5.82 Å². The molecule has 0 amide bonds. The second kappa shape index (κ2) is 12.2. The summed E-state index contributed by atoms with van der Waals surface area (Å²) >= 11 is 0. The molecule has 3 rings (SSSR count). The molecule has 1 aromatic rings. The van der Waals surface area contributed by atoms with Crippen molar-refractivity contribution < 1.29 is 27.1 Å². The first-order chi connectivity index (χ1) is 15.4. The van der Waals surface area contributed by atoms with E-state index in [-0.39, 0.29) is 29.9 Å². The molecule has 0 atom stereocenters. The predicted molar refractivity (Wildman–Crippen MR) is 117 cm³/mol. The van der Waals surface area contributed by atoms with Crippen molar-refractivity contribution in [3.05, 3.63) is 34.6 Å². The zero-order valence-electron chi connectivity index (χ0n) is 19.1. The zero-order valence-corrected chi connectivity index (χ0v) is 19.1. The number of alkyl halides is 3. The van der Waals surface area contributed by atoms with E-state index >= 15 is 0 Å². The minimum atomic E-state index is -3.07. The predicted octanol–water partition coefficient (Wildman–Crippen LogP) is 7.64. The van der Waals surface area contributed by atoms with Crippen molar-refractivity contribution in [1.29, 1.82) is 0 Å². The standard InChI is InChI=1S/C26H36F4O2/c1-2-15-32-21-10-7-19(8-11-21)18-5-3-17(4-6-18)16-23(31)22-12-9-20(13-14-27)24(25(22)28)26(29)30/h9,12,17-19,21,26H,2-8,10-11,13-16H2,1H3. The first-order valence-electron chi connectivity index (χ1n) is 12.2. The van der Waals surface area contributed by atoms with Gasteiger partial charge in [0.15, 0.2) is 5.78 Å². The monoisotopic (exact) mass is 456 g/mol. The molecule has 32 heavy (non-hydrogen) atoms. The minimum Gasteiger partial charge on any atom is -0.378 e. The van der Waals surface area contributed by atoms with Crippen LogP contribution in [-0.2, 0) is 11.2 Å². The first-order valence-corrected chi connectivity index (χ1v) is 12.2. The van der Waals surface area contributed by atoms with Crippen LogP contribution in [0.2, 0.25) is 0 Å². The number of Topliss-reactive ketones (excluding diaryl/α,β-unsaturated/α-hetero) is 1. The lowest BCUT2D eigenvalue weighted by molar-refractivity contribution is 0.00730. The smallest absolute Gasteiger partial charge is 0.266 e. The number of carbonyl (C=O) groups excluding carboxylic acids is 1. The van der Waals surface area contributed by atoms with Crippen molar-refractivity contribution in [3.8, 4) is 0 Å². The molecule has 0 bridgehead atoms. The molecule has 2 saturated carbocycles. The topological polar surface area (TPSA) is 26.3 Å². The van der Waals surface area contributed by atoms with Crippen LogP contribution in [0.25, 0.3) is 0 Å². The van der Waals surface area contributed by atoms with Gasteiger partial charge >= 0.3 is 0 Å². The van der Waals surface area contributed by atoms with Crippen LogP contribution in [0, 0.1) is 23.6 Å². The van der Waals surface area contributed by atoms with Crippen LogP contribution in [0.1, 0.15) is 99.0 Å². The third-order valence-corrected chi connectivity index (χ3v) is 7.46. The van der Waals surface area contributed by atoms with Crippen LogP contribution < -0.4 is 0 Å². The van der Waals surface area contributed by atoms with Gasteiger partial charge in [0.25, 0.3) is 6.43 Å². The van der Waals surface area contributed by atoms with Crippen LogP contribution in [-0.4, -0.2) is 25.2 Å². The number of benzene rings is 1. The van der Waals surface area contributed by atoms with Gasteiger partial charge in [0, 0.05) is 19.4 Å². The van der Waals surface area contributed by atoms with Gasteiger partial charge in [-0.25, -0.2) is 13.2 Å². The molecule has 0 aliphatic heterocycles. The molecule has 2 fully saturated rings. The summed E-state index contributed by atoms with van der Waals surface area (Å²) in [6.07, 6.45) is 6.97. The Morgan fingerprint density at radius 1 is 1.03 bits per heavy atom. The minimum absolute atomic E-state index is 0.0631. The summed E-state index contributed by atoms with van der Waals surface area (Å²) in [6.45, 7) is 2.12. The van der Waals surface area contributed by atoms with Crippen molar-refractivity contribution in [1.82, 2.24) is 0 Å². The third-order valence-electron chi connectivity index (χ3n) is 7.46. The fraction of sp³-hybridized carbons (Fsp3) is 0.731. The van der Waals surface area contributed by atoms with Gasteiger partial charge in [0.2, 0.25) is 0 Å². The molecule has 1 aromatic carbocycles. The highest BCUT2D eigenvalue weighted by Gasteiger charge is 2.32. The summed E-state index contributed by atoms with van der Waals surface area (Å²) < 4.78 is 59.9. The molecule has 0 aromatic heterocycles. The van der Waals surface area contributed by atoms with Crippen LogP contribution in [0.3, 0.4) is 0 Å². The normalized spacial score (nSPS) is 26.4. The molecule has 0 unspecified atom stereocenters. The first kappa shape index (κ1) is 25.2. The Balaban J connectivity index is 1.51. The van der Waals surface area contributed by atoms with Gasteiger partial charge in [-0.1, -0.05) is 13.0 Å². The second-order valence-corrected chi connectivity index (χ2v) is 9.56. The molecular formula is C26H36F4O2. The summed E-state index contributed by atoms with van der Waals surface area (Å²) in [4.78, 5) is 12.7. The van der Waals surface area contributed by atoms with Crippen LogP contribution in [0.4, 0.5) is 17.6 Å². The van der Waals surface area contributed by atoms with Crippen molar-refractivity contribution in [3.63, 3.8) is 0 Å². The lowest BCUT2D eigenvalue weighted by atomic mass is 9.70. The fourth-order valence-corrected chi connectivity index (χ4v) is 5.65. The molecule has 0 radical (unpaired) electrons. The summed E-state index contributed by atoms with van der Waals surface area (Å²) in [5.41, 5.74) is -1.17. The summed E-state index contributed by atoms with van der Waals surface area (Å²) in [7, 11) is 0. The van der Waals surface area contributed by atoms with E-state index in [4.69, 9.17) is 4.74 Å². The number of hydrogen-bond donors (Lipinski definition) is 0. The Kier molecular flexibility index (Phi) is 9.57. The van der Waals surface area contributed by atoms with Crippen molar-refractivity contribution in [2.45, 2.75) is 90.1 Å². The van der Waals surface area contributed by atoms with Gasteiger partial charge in [-0.3, -0.25) is 9.18 Å². The van der Waals surface area contributed by atoms with E-state index < -0.39 is 30.3 Å². The average molecular weight is 457 g/mol. The number of halogens is 4. The maximum atomic E-state index is 14.7. The summed E-state index contributed by atoms with van der Waals surface area (Å²) in [6, 6.07) is 2.52. The highest BCUT2D eigenvalue weighted by Crippen LogP contribution is 2.41. The number of hydrogen-bond acceptors (Lipinski definition) is 2. The van der Waals surface area contributed by atoms with Crippen LogP contribution in [0.5, 0.6) is 0 Å². The Bertz CT molecular complexity index is 736. The summed E-state index contributed by atoms with van der Waals surface area (Å²) in [5, 5.41) is 0. The van der Waals surface area contributed by atoms with E-state index in [9.17, 15) is 22.4 Å². The Labute approximate surface area is 189 Å². The largest absolute Gasteiger partial charge is 0.378 e. The Hall–Kier alpha value is -1.43. The van der Waals surface area contributed by atoms with E-state index in [2.05, 4.69) is 6.92 Å². The van der Waals surface area contributed by atoms with Crippen molar-refractivity contribution >= 4 is 5.78 Å². The van der Waals surface area contributed by atoms with Gasteiger partial charge in [-0.2, -0.15) is 0 Å². The zero-order chi connectivity index (χ0) is 23.1. The molecule has 0 heterocycles. The number of carbonyl (C=O) groups is 1. The van der Waals surface area contributed by atoms with E-state index in [0.717, 1.165) is 57.5 Å². The molecule has 6 heteroatoms. The van der Waals surface area contributed by atoms with Gasteiger partial charge < -0.3 is 4.74 Å². The van der Waals surface area contributed by atoms with Crippen molar-refractivity contribution in [2.75, 3.05) is 13.3 Å². The number of ketones is 1. The Morgan fingerprint density at radius 3 is 2.22 bits per heavy atom. The van der Waals surface area contributed by atoms with E-state index in [1.165, 1.54) is 25.0 Å². The SMILES string of the molecule is CCCOC1CCC(C2CCC(CC(=O)c3ccc(CCF)c(C(F)F)c3F)CC2)CC1. The molecule has 0 saturated heterocycles. The van der Waals surface area contributed by atoms with E-state index in [1.54, 1.807) is 0 Å². The molecule has 2 aliphatic rings. The molecule has 180 valence electrons. The van der Waals surface area contributed by atoms with E-state index in [1.807, 2.05) is 0 Å². The van der Waals surface area contributed by atoms with Crippen LogP contribution >= 0.6 is 0 Å². The quantitative estimate of drug-likeness (QED) is 0.267. The van der Waals surface area contributed by atoms with Gasteiger partial charge in [-0.15, -0.1) is 0 Å². The second-order valence-electron chi connectivity index (χ2n) is 9.56. The lowest BCUT2D eigenvalue weighted by Gasteiger charge is -2.37. The van der Waals surface area contributed by atoms with Gasteiger partial charge in [0.05, 0.1) is 23.9 Å². The maximum Gasteiger partial charge on any atom is 0.266 e. The highest BCUT2D eigenvalue weighted by molar-refractivity contribution is 5.96. The number of ether oxygens (including phenoxy) is 1. The molecule has 2 aliphatic carbocycles. The molecule has 2 nitrogen and oxygen atoms in total. The average Bonchev–Trinajstić information content (AvgIpc) is 2.78. The number of rotatable bonds is 10. The van der Waals surface area contributed by atoms with E-state index in [0.29, 0.717) is 12.0 Å². The van der Waals surface area contributed by atoms with Crippen molar-refractivity contribution in [2.24, 2.45) is 17.8 Å².